The van der Waals surface area contributed by atoms with E-state index in [1.807, 2.05) is 0 Å². The number of rotatable bonds is 3. The van der Waals surface area contributed by atoms with Gasteiger partial charge in [-0.1, -0.05) is 11.3 Å². The zero-order valence-corrected chi connectivity index (χ0v) is 10.5. The Hall–Kier alpha value is -1.35. The van der Waals surface area contributed by atoms with Gasteiger partial charge >= 0.3 is 6.55 Å². The summed E-state index contributed by atoms with van der Waals surface area (Å²) in [6, 6.07) is 1.21. The van der Waals surface area contributed by atoms with E-state index < -0.39 is 12.5 Å². The minimum atomic E-state index is -2.76. The molecule has 2 aromatic heterocycles. The first-order valence-electron chi connectivity index (χ1n) is 4.32. The first-order chi connectivity index (χ1) is 8.06. The Morgan fingerprint density at radius 2 is 2.35 bits per heavy atom. The van der Waals surface area contributed by atoms with Crippen molar-refractivity contribution in [1.29, 1.82) is 0 Å². The lowest BCUT2D eigenvalue weighted by molar-refractivity contribution is 0.0561. The van der Waals surface area contributed by atoms with Gasteiger partial charge in [-0.3, -0.25) is 10.1 Å². The van der Waals surface area contributed by atoms with E-state index in [1.54, 1.807) is 0 Å². The predicted molar refractivity (Wildman–Crippen MR) is 61.2 cm³/mol. The molecular formula is C8H5BrF2N4OS. The molecule has 90 valence electrons. The van der Waals surface area contributed by atoms with Gasteiger partial charge in [-0.2, -0.15) is 13.9 Å². The normalized spacial score (nSPS) is 10.8. The molecule has 2 heterocycles. The lowest BCUT2D eigenvalue weighted by Crippen LogP contribution is -2.13. The number of thiazole rings is 1. The topological polar surface area (TPSA) is 59.8 Å². The zero-order chi connectivity index (χ0) is 12.4. The van der Waals surface area contributed by atoms with Crippen LogP contribution in [-0.2, 0) is 0 Å². The number of aromatic nitrogens is 3. The molecule has 0 saturated heterocycles. The van der Waals surface area contributed by atoms with E-state index in [9.17, 15) is 13.6 Å². The predicted octanol–water partition coefficient (Wildman–Crippen LogP) is 2.75. The third kappa shape index (κ3) is 2.86. The molecule has 0 unspecified atom stereocenters. The Labute approximate surface area is 107 Å². The van der Waals surface area contributed by atoms with Crippen molar-refractivity contribution in [2.45, 2.75) is 6.55 Å². The summed E-state index contributed by atoms with van der Waals surface area (Å²) < 4.78 is 25.6. The van der Waals surface area contributed by atoms with Gasteiger partial charge in [-0.25, -0.2) is 9.67 Å². The Bertz CT molecular complexity index is 541. The molecule has 1 amide bonds. The van der Waals surface area contributed by atoms with E-state index in [4.69, 9.17) is 0 Å². The first kappa shape index (κ1) is 12.1. The Morgan fingerprint density at radius 3 is 2.88 bits per heavy atom. The number of amides is 1. The van der Waals surface area contributed by atoms with Crippen molar-refractivity contribution in [3.8, 4) is 0 Å². The third-order valence-corrected chi connectivity index (χ3v) is 3.13. The highest BCUT2D eigenvalue weighted by Gasteiger charge is 2.14. The number of halogens is 3. The second-order valence-electron chi connectivity index (χ2n) is 2.88. The molecule has 0 aromatic carbocycles. The molecule has 2 rings (SSSR count). The van der Waals surface area contributed by atoms with Crippen LogP contribution in [0.3, 0.4) is 0 Å². The molecule has 9 heteroatoms. The second-order valence-corrected chi connectivity index (χ2v) is 5.29. The summed E-state index contributed by atoms with van der Waals surface area (Å²) in [5.41, 5.74) is -0.0865. The fourth-order valence-corrected chi connectivity index (χ4v) is 2.14. The highest BCUT2D eigenvalue weighted by Crippen LogP contribution is 2.23. The molecule has 17 heavy (non-hydrogen) atoms. The molecule has 0 fully saturated rings. The quantitative estimate of drug-likeness (QED) is 0.945. The average Bonchev–Trinajstić information content (AvgIpc) is 2.86. The highest BCUT2D eigenvalue weighted by atomic mass is 79.9. The summed E-state index contributed by atoms with van der Waals surface area (Å²) in [6.07, 6.45) is 2.56. The van der Waals surface area contributed by atoms with Crippen molar-refractivity contribution in [2.75, 3.05) is 5.32 Å². The monoisotopic (exact) mass is 322 g/mol. The van der Waals surface area contributed by atoms with Gasteiger partial charge in [0.05, 0.1) is 9.98 Å². The van der Waals surface area contributed by atoms with Crippen molar-refractivity contribution in [2.24, 2.45) is 0 Å². The van der Waals surface area contributed by atoms with Crippen LogP contribution in [-0.4, -0.2) is 20.7 Å². The number of nitrogens with zero attached hydrogens (tertiary/aromatic N) is 3. The summed E-state index contributed by atoms with van der Waals surface area (Å²) in [4.78, 5) is 15.5. The molecule has 0 bridgehead atoms. The third-order valence-electron chi connectivity index (χ3n) is 1.74. The van der Waals surface area contributed by atoms with Gasteiger partial charge in [0.2, 0.25) is 0 Å². The maximum atomic E-state index is 12.2. The average molecular weight is 323 g/mol. The lowest BCUT2D eigenvalue weighted by atomic mass is 10.4. The lowest BCUT2D eigenvalue weighted by Gasteiger charge is -1.98. The van der Waals surface area contributed by atoms with E-state index in [0.29, 0.717) is 9.81 Å². The number of anilines is 1. The highest BCUT2D eigenvalue weighted by molar-refractivity contribution is 9.11. The first-order valence-corrected chi connectivity index (χ1v) is 5.93. The maximum Gasteiger partial charge on any atom is 0.333 e. The van der Waals surface area contributed by atoms with Crippen LogP contribution >= 0.6 is 27.3 Å². The van der Waals surface area contributed by atoms with E-state index in [-0.39, 0.29) is 5.69 Å². The van der Waals surface area contributed by atoms with Gasteiger partial charge in [-0.05, 0) is 22.0 Å². The van der Waals surface area contributed by atoms with E-state index in [2.05, 4.69) is 31.3 Å². The van der Waals surface area contributed by atoms with E-state index in [1.165, 1.54) is 23.6 Å². The molecule has 0 aliphatic heterocycles. The molecule has 0 atom stereocenters. The fraction of sp³-hybridized carbons (Fsp3) is 0.125. The zero-order valence-electron chi connectivity index (χ0n) is 8.10. The number of carbonyl (C=O) groups excluding carboxylic acids is 1. The molecule has 0 aliphatic carbocycles. The van der Waals surface area contributed by atoms with Crippen LogP contribution < -0.4 is 5.32 Å². The molecule has 0 spiro atoms. The van der Waals surface area contributed by atoms with Gasteiger partial charge in [0.15, 0.2) is 10.8 Å². The number of alkyl halides is 2. The Morgan fingerprint density at radius 1 is 1.59 bits per heavy atom. The van der Waals surface area contributed by atoms with Crippen molar-refractivity contribution in [3.05, 3.63) is 27.9 Å². The molecule has 1 N–H and O–H groups in total. The smallest absolute Gasteiger partial charge is 0.296 e. The standard InChI is InChI=1S/C8H5BrF2N4OS/c9-5-3-12-8(17-5)13-6(16)4-1-2-15(14-4)7(10)11/h1-3,7H,(H,12,13,16). The van der Waals surface area contributed by atoms with Crippen molar-refractivity contribution in [3.63, 3.8) is 0 Å². The van der Waals surface area contributed by atoms with Crippen molar-refractivity contribution in [1.82, 2.24) is 14.8 Å². The summed E-state index contributed by atoms with van der Waals surface area (Å²) in [5.74, 6) is -0.578. The van der Waals surface area contributed by atoms with E-state index in [0.717, 1.165) is 9.98 Å². The number of hydrogen-bond donors (Lipinski definition) is 1. The van der Waals surface area contributed by atoms with Crippen LogP contribution in [0.2, 0.25) is 0 Å². The van der Waals surface area contributed by atoms with Crippen LogP contribution in [0, 0.1) is 0 Å². The minimum absolute atomic E-state index is 0.0865. The SMILES string of the molecule is O=C(Nc1ncc(Br)s1)c1ccn(C(F)F)n1. The van der Waals surface area contributed by atoms with Crippen LogP contribution in [0.15, 0.2) is 22.2 Å². The van der Waals surface area contributed by atoms with Crippen molar-refractivity contribution < 1.29 is 13.6 Å². The van der Waals surface area contributed by atoms with Crippen LogP contribution in [0.5, 0.6) is 0 Å². The van der Waals surface area contributed by atoms with Gasteiger partial charge in [0, 0.05) is 6.20 Å². The van der Waals surface area contributed by atoms with Gasteiger partial charge in [0.25, 0.3) is 5.91 Å². The number of nitrogens with one attached hydrogen (secondary N) is 1. The largest absolute Gasteiger partial charge is 0.333 e. The number of hydrogen-bond acceptors (Lipinski definition) is 4. The van der Waals surface area contributed by atoms with Gasteiger partial charge in [0.1, 0.15) is 0 Å². The summed E-state index contributed by atoms with van der Waals surface area (Å²) in [6.45, 7) is -2.76. The van der Waals surface area contributed by atoms with Crippen LogP contribution in [0.1, 0.15) is 17.0 Å². The minimum Gasteiger partial charge on any atom is -0.296 e. The van der Waals surface area contributed by atoms with Gasteiger partial charge in [-0.15, -0.1) is 0 Å². The molecule has 5 nitrogen and oxygen atoms in total. The van der Waals surface area contributed by atoms with Crippen LogP contribution in [0.4, 0.5) is 13.9 Å². The second kappa shape index (κ2) is 4.88. The van der Waals surface area contributed by atoms with E-state index >= 15 is 0 Å². The molecular weight excluding hydrogens is 318 g/mol. The summed E-state index contributed by atoms with van der Waals surface area (Å²) in [7, 11) is 0. The van der Waals surface area contributed by atoms with Crippen LogP contribution in [0.25, 0.3) is 0 Å². The maximum absolute atomic E-state index is 12.2. The fourth-order valence-electron chi connectivity index (χ4n) is 1.04. The Kier molecular flexibility index (Phi) is 3.48. The van der Waals surface area contributed by atoms with Crippen molar-refractivity contribution >= 4 is 38.3 Å². The van der Waals surface area contributed by atoms with Gasteiger partial charge < -0.3 is 0 Å². The molecule has 0 aliphatic rings. The number of carbonyl (C=O) groups is 1. The molecule has 0 saturated carbocycles. The molecule has 0 radical (unpaired) electrons. The summed E-state index contributed by atoms with van der Waals surface area (Å²) in [5, 5.41) is 6.25. The summed E-state index contributed by atoms with van der Waals surface area (Å²) >= 11 is 4.40. The molecule has 2 aromatic rings. The Balaban J connectivity index is 2.09.